The number of aliphatic hydroxyl groups is 1. The van der Waals surface area contributed by atoms with E-state index in [0.29, 0.717) is 11.1 Å². The lowest BCUT2D eigenvalue weighted by molar-refractivity contribution is 0.0964. The third-order valence-electron chi connectivity index (χ3n) is 3.32. The van der Waals surface area contributed by atoms with Gasteiger partial charge in [0.25, 0.3) is 0 Å². The van der Waals surface area contributed by atoms with Gasteiger partial charge in [-0.1, -0.05) is 40.2 Å². The zero-order chi connectivity index (χ0) is 14.2. The topological polar surface area (TPSA) is 20.2 Å². The van der Waals surface area contributed by atoms with Crippen molar-refractivity contribution in [2.75, 3.05) is 0 Å². The minimum atomic E-state index is -1.37. The van der Waals surface area contributed by atoms with E-state index in [1.807, 2.05) is 38.1 Å². The van der Waals surface area contributed by atoms with E-state index in [9.17, 15) is 9.50 Å². The Balaban J connectivity index is 2.67. The third kappa shape index (κ3) is 2.58. The average Bonchev–Trinajstić information content (AvgIpc) is 2.27. The summed E-state index contributed by atoms with van der Waals surface area (Å²) < 4.78 is 15.0. The lowest BCUT2D eigenvalue weighted by Gasteiger charge is -2.28. The van der Waals surface area contributed by atoms with Gasteiger partial charge in [0.05, 0.1) is 0 Å². The Kier molecular flexibility index (Phi) is 3.79. The van der Waals surface area contributed by atoms with Crippen molar-refractivity contribution >= 4 is 15.9 Å². The molecule has 2 aromatic carbocycles. The summed E-state index contributed by atoms with van der Waals surface area (Å²) in [4.78, 5) is 0. The van der Waals surface area contributed by atoms with Crippen LogP contribution in [0.4, 0.5) is 4.39 Å². The molecule has 100 valence electrons. The molecule has 1 N–H and O–H groups in total. The molecule has 0 spiro atoms. The average molecular weight is 323 g/mol. The summed E-state index contributed by atoms with van der Waals surface area (Å²) in [5, 5.41) is 10.8. The molecule has 1 atom stereocenters. The first-order chi connectivity index (χ1) is 8.84. The van der Waals surface area contributed by atoms with Gasteiger partial charge >= 0.3 is 0 Å². The highest BCUT2D eigenvalue weighted by Gasteiger charge is 2.32. The molecule has 0 saturated carbocycles. The van der Waals surface area contributed by atoms with Crippen LogP contribution in [-0.2, 0) is 5.60 Å². The molecule has 2 rings (SSSR count). The molecule has 19 heavy (non-hydrogen) atoms. The van der Waals surface area contributed by atoms with E-state index in [-0.39, 0.29) is 5.82 Å². The Morgan fingerprint density at radius 1 is 1.16 bits per heavy atom. The van der Waals surface area contributed by atoms with E-state index in [0.717, 1.165) is 15.6 Å². The van der Waals surface area contributed by atoms with Crippen molar-refractivity contribution in [1.82, 2.24) is 0 Å². The number of aryl methyl sites for hydroxylation is 2. The van der Waals surface area contributed by atoms with Crippen LogP contribution in [0.25, 0.3) is 0 Å². The minimum absolute atomic E-state index is 0.324. The van der Waals surface area contributed by atoms with Crippen LogP contribution >= 0.6 is 15.9 Å². The summed E-state index contributed by atoms with van der Waals surface area (Å²) in [7, 11) is 0. The van der Waals surface area contributed by atoms with Crippen molar-refractivity contribution < 1.29 is 9.50 Å². The van der Waals surface area contributed by atoms with Gasteiger partial charge < -0.3 is 5.11 Å². The van der Waals surface area contributed by atoms with E-state index >= 15 is 0 Å². The van der Waals surface area contributed by atoms with Gasteiger partial charge in [0, 0.05) is 15.6 Å². The molecular weight excluding hydrogens is 307 g/mol. The highest BCUT2D eigenvalue weighted by atomic mass is 79.9. The fourth-order valence-corrected chi connectivity index (χ4v) is 3.19. The second-order valence-electron chi connectivity index (χ2n) is 4.99. The highest BCUT2D eigenvalue weighted by molar-refractivity contribution is 9.10. The fraction of sp³-hybridized carbons (Fsp3) is 0.250. The third-order valence-corrected chi connectivity index (χ3v) is 4.01. The van der Waals surface area contributed by atoms with Crippen LogP contribution in [0.5, 0.6) is 0 Å². The number of rotatable bonds is 2. The Labute approximate surface area is 121 Å². The molecule has 1 unspecified atom stereocenters. The molecule has 0 amide bonds. The quantitative estimate of drug-likeness (QED) is 0.865. The van der Waals surface area contributed by atoms with Gasteiger partial charge in [-0.2, -0.15) is 0 Å². The van der Waals surface area contributed by atoms with Crippen LogP contribution in [0.3, 0.4) is 0 Å². The summed E-state index contributed by atoms with van der Waals surface area (Å²) in [5.41, 5.74) is 1.20. The van der Waals surface area contributed by atoms with E-state index < -0.39 is 5.60 Å². The molecule has 0 fully saturated rings. The fourth-order valence-electron chi connectivity index (χ4n) is 2.52. The molecule has 2 aromatic rings. The molecular formula is C16H16BrFO. The van der Waals surface area contributed by atoms with Gasteiger partial charge in [-0.25, -0.2) is 4.39 Å². The summed E-state index contributed by atoms with van der Waals surface area (Å²) in [6.07, 6.45) is 0. The van der Waals surface area contributed by atoms with Gasteiger partial charge in [-0.15, -0.1) is 0 Å². The molecule has 3 heteroatoms. The molecule has 0 aliphatic rings. The van der Waals surface area contributed by atoms with E-state index in [1.54, 1.807) is 13.0 Å². The maximum absolute atomic E-state index is 14.2. The van der Waals surface area contributed by atoms with E-state index in [4.69, 9.17) is 0 Å². The Morgan fingerprint density at radius 2 is 1.79 bits per heavy atom. The van der Waals surface area contributed by atoms with Gasteiger partial charge in [-0.3, -0.25) is 0 Å². The Bertz CT molecular complexity index is 597. The first-order valence-electron chi connectivity index (χ1n) is 6.08. The van der Waals surface area contributed by atoms with Crippen LogP contribution in [0.15, 0.2) is 40.9 Å². The lowest BCUT2D eigenvalue weighted by atomic mass is 9.84. The summed E-state index contributed by atoms with van der Waals surface area (Å²) in [6.45, 7) is 5.28. The van der Waals surface area contributed by atoms with Crippen molar-refractivity contribution in [3.05, 3.63) is 68.9 Å². The predicted octanol–water partition coefficient (Wildman–Crippen LogP) is 4.46. The normalized spacial score (nSPS) is 14.2. The van der Waals surface area contributed by atoms with Gasteiger partial charge in [0.15, 0.2) is 0 Å². The van der Waals surface area contributed by atoms with Gasteiger partial charge in [0.2, 0.25) is 0 Å². The molecule has 1 nitrogen and oxygen atoms in total. The Morgan fingerprint density at radius 3 is 2.37 bits per heavy atom. The molecule has 0 bridgehead atoms. The van der Waals surface area contributed by atoms with Gasteiger partial charge in [-0.05, 0) is 44.0 Å². The van der Waals surface area contributed by atoms with Crippen molar-refractivity contribution in [2.45, 2.75) is 26.4 Å². The van der Waals surface area contributed by atoms with Crippen molar-refractivity contribution in [2.24, 2.45) is 0 Å². The van der Waals surface area contributed by atoms with E-state index in [2.05, 4.69) is 15.9 Å². The molecule has 0 aliphatic heterocycles. The standard InChI is InChI=1S/C16H16BrFO/c1-10-8-11(2)15(14(18)9-10)16(3,19)12-6-4-5-7-13(12)17/h4-9,19H,1-3H3. The minimum Gasteiger partial charge on any atom is -0.381 e. The lowest BCUT2D eigenvalue weighted by Crippen LogP contribution is -2.26. The number of benzene rings is 2. The van der Waals surface area contributed by atoms with Crippen LogP contribution in [-0.4, -0.2) is 5.11 Å². The van der Waals surface area contributed by atoms with Gasteiger partial charge in [0.1, 0.15) is 11.4 Å². The second kappa shape index (κ2) is 5.06. The SMILES string of the molecule is Cc1cc(C)c(C(C)(O)c2ccccc2Br)c(F)c1. The molecule has 0 aromatic heterocycles. The predicted molar refractivity (Wildman–Crippen MR) is 78.7 cm³/mol. The first kappa shape index (κ1) is 14.2. The molecule has 0 aliphatic carbocycles. The summed E-state index contributed by atoms with van der Waals surface area (Å²) >= 11 is 3.41. The zero-order valence-electron chi connectivity index (χ0n) is 11.2. The molecule has 0 heterocycles. The number of hydrogen-bond donors (Lipinski definition) is 1. The largest absolute Gasteiger partial charge is 0.381 e. The summed E-state index contributed by atoms with van der Waals surface area (Å²) in [6, 6.07) is 10.7. The second-order valence-corrected chi connectivity index (χ2v) is 5.85. The van der Waals surface area contributed by atoms with Crippen LogP contribution < -0.4 is 0 Å². The number of hydrogen-bond acceptors (Lipinski definition) is 1. The molecule has 0 saturated heterocycles. The zero-order valence-corrected chi connectivity index (χ0v) is 12.8. The number of halogens is 2. The van der Waals surface area contributed by atoms with Crippen molar-refractivity contribution in [1.29, 1.82) is 0 Å². The van der Waals surface area contributed by atoms with Crippen LogP contribution in [0.2, 0.25) is 0 Å². The van der Waals surface area contributed by atoms with Crippen LogP contribution in [0.1, 0.15) is 29.2 Å². The maximum atomic E-state index is 14.2. The maximum Gasteiger partial charge on any atom is 0.130 e. The van der Waals surface area contributed by atoms with Crippen LogP contribution in [0, 0.1) is 19.7 Å². The van der Waals surface area contributed by atoms with Crippen molar-refractivity contribution in [3.8, 4) is 0 Å². The molecule has 0 radical (unpaired) electrons. The smallest absolute Gasteiger partial charge is 0.130 e. The highest BCUT2D eigenvalue weighted by Crippen LogP contribution is 2.37. The first-order valence-corrected chi connectivity index (χ1v) is 6.88. The monoisotopic (exact) mass is 322 g/mol. The van der Waals surface area contributed by atoms with Crippen molar-refractivity contribution in [3.63, 3.8) is 0 Å². The summed E-state index contributed by atoms with van der Waals surface area (Å²) in [5.74, 6) is -0.377. The Hall–Kier alpha value is -1.19. The van der Waals surface area contributed by atoms with E-state index in [1.165, 1.54) is 6.07 Å².